The molecule has 0 unspecified atom stereocenters. The van der Waals surface area contributed by atoms with Crippen LogP contribution < -0.4 is 10.5 Å². The number of benzene rings is 1. The first-order chi connectivity index (χ1) is 9.78. The van der Waals surface area contributed by atoms with Crippen LogP contribution >= 0.6 is 11.3 Å². The summed E-state index contributed by atoms with van der Waals surface area (Å²) in [7, 11) is 1.57. The first-order valence-corrected chi connectivity index (χ1v) is 6.82. The Morgan fingerprint density at radius 1 is 1.15 bits per heavy atom. The van der Waals surface area contributed by atoms with Crippen molar-refractivity contribution in [2.24, 2.45) is 0 Å². The summed E-state index contributed by atoms with van der Waals surface area (Å²) >= 11 is 1.51. The Morgan fingerprint density at radius 2 is 2.00 bits per heavy atom. The summed E-state index contributed by atoms with van der Waals surface area (Å²) in [6, 6.07) is 9.42. The van der Waals surface area contributed by atoms with Crippen LogP contribution in [0.2, 0.25) is 0 Å². The maximum absolute atomic E-state index is 5.97. The number of ether oxygens (including phenoxy) is 1. The van der Waals surface area contributed by atoms with Crippen LogP contribution in [-0.2, 0) is 0 Å². The van der Waals surface area contributed by atoms with Gasteiger partial charge in [0, 0.05) is 22.7 Å². The molecule has 20 heavy (non-hydrogen) atoms. The first kappa shape index (κ1) is 12.6. The molecule has 0 atom stereocenters. The molecule has 5 nitrogen and oxygen atoms in total. The second kappa shape index (κ2) is 5.26. The molecule has 0 aliphatic rings. The van der Waals surface area contributed by atoms with Crippen LogP contribution in [-0.4, -0.2) is 22.1 Å². The van der Waals surface area contributed by atoms with Crippen molar-refractivity contribution in [1.82, 2.24) is 15.0 Å². The predicted molar refractivity (Wildman–Crippen MR) is 79.5 cm³/mol. The van der Waals surface area contributed by atoms with Crippen LogP contribution in [0.25, 0.3) is 22.0 Å². The smallest absolute Gasteiger partial charge is 0.216 e. The van der Waals surface area contributed by atoms with Gasteiger partial charge in [-0.2, -0.15) is 0 Å². The molecule has 0 aliphatic heterocycles. The number of hydrogen-bond donors (Lipinski definition) is 1. The van der Waals surface area contributed by atoms with Gasteiger partial charge in [-0.05, 0) is 6.07 Å². The van der Waals surface area contributed by atoms with Crippen molar-refractivity contribution >= 4 is 17.0 Å². The lowest BCUT2D eigenvalue weighted by atomic mass is 10.1. The zero-order valence-electron chi connectivity index (χ0n) is 10.8. The van der Waals surface area contributed by atoms with Crippen LogP contribution in [0.15, 0.2) is 42.0 Å². The zero-order valence-corrected chi connectivity index (χ0v) is 11.6. The summed E-state index contributed by atoms with van der Waals surface area (Å²) in [4.78, 5) is 12.8. The highest BCUT2D eigenvalue weighted by atomic mass is 32.1. The van der Waals surface area contributed by atoms with Crippen LogP contribution in [0.3, 0.4) is 0 Å². The Hall–Kier alpha value is -2.47. The summed E-state index contributed by atoms with van der Waals surface area (Å²) in [6.45, 7) is 0. The quantitative estimate of drug-likeness (QED) is 0.749. The number of nitrogens with two attached hydrogens (primary N) is 1. The molecule has 0 radical (unpaired) electrons. The minimum Gasteiger partial charge on any atom is -0.481 e. The number of anilines is 1. The topological polar surface area (TPSA) is 73.9 Å². The lowest BCUT2D eigenvalue weighted by Gasteiger charge is -2.01. The Labute approximate surface area is 120 Å². The number of rotatable bonds is 3. The van der Waals surface area contributed by atoms with Crippen molar-refractivity contribution in [3.63, 3.8) is 0 Å². The molecule has 6 heteroatoms. The molecule has 0 saturated heterocycles. The van der Waals surface area contributed by atoms with Gasteiger partial charge in [-0.15, -0.1) is 11.3 Å². The molecule has 2 N–H and O–H groups in total. The van der Waals surface area contributed by atoms with Gasteiger partial charge >= 0.3 is 0 Å². The van der Waals surface area contributed by atoms with E-state index in [1.165, 1.54) is 17.7 Å². The van der Waals surface area contributed by atoms with E-state index >= 15 is 0 Å². The van der Waals surface area contributed by atoms with Crippen LogP contribution in [0.1, 0.15) is 0 Å². The molecule has 3 aromatic rings. The third-order valence-corrected chi connectivity index (χ3v) is 3.68. The molecule has 0 bridgehead atoms. The molecule has 3 rings (SSSR count). The summed E-state index contributed by atoms with van der Waals surface area (Å²) in [5, 5.41) is 2.78. The fraction of sp³-hybridized carbons (Fsp3) is 0.0714. The van der Waals surface area contributed by atoms with E-state index in [-0.39, 0.29) is 0 Å². The number of hydrogen-bond acceptors (Lipinski definition) is 6. The summed E-state index contributed by atoms with van der Waals surface area (Å²) in [5.41, 5.74) is 9.19. The minimum atomic E-state index is 0.519. The van der Waals surface area contributed by atoms with Crippen molar-refractivity contribution in [2.45, 2.75) is 0 Å². The monoisotopic (exact) mass is 284 g/mol. The van der Waals surface area contributed by atoms with E-state index < -0.39 is 0 Å². The molecule has 0 saturated carbocycles. The highest BCUT2D eigenvalue weighted by molar-refractivity contribution is 7.13. The summed E-state index contributed by atoms with van der Waals surface area (Å²) < 4.78 is 5.09. The lowest BCUT2D eigenvalue weighted by molar-refractivity contribution is 0.397. The average Bonchev–Trinajstić information content (AvgIpc) is 2.97. The largest absolute Gasteiger partial charge is 0.481 e. The fourth-order valence-corrected chi connectivity index (χ4v) is 2.60. The van der Waals surface area contributed by atoms with Gasteiger partial charge in [0.05, 0.1) is 12.8 Å². The normalized spacial score (nSPS) is 10.4. The van der Waals surface area contributed by atoms with Gasteiger partial charge in [0.1, 0.15) is 17.0 Å². The van der Waals surface area contributed by atoms with Gasteiger partial charge in [-0.3, -0.25) is 0 Å². The maximum Gasteiger partial charge on any atom is 0.216 e. The van der Waals surface area contributed by atoms with E-state index in [4.69, 9.17) is 10.5 Å². The van der Waals surface area contributed by atoms with E-state index in [0.717, 1.165) is 22.0 Å². The summed E-state index contributed by atoms with van der Waals surface area (Å²) in [6.07, 6.45) is 1.46. The van der Waals surface area contributed by atoms with Gasteiger partial charge < -0.3 is 10.5 Å². The van der Waals surface area contributed by atoms with Crippen molar-refractivity contribution in [3.05, 3.63) is 42.0 Å². The van der Waals surface area contributed by atoms with E-state index in [0.29, 0.717) is 11.6 Å². The van der Waals surface area contributed by atoms with Crippen molar-refractivity contribution in [1.29, 1.82) is 0 Å². The number of para-hydroxylation sites is 1. The maximum atomic E-state index is 5.97. The van der Waals surface area contributed by atoms with Gasteiger partial charge in [0.15, 0.2) is 0 Å². The molecule has 1 aromatic carbocycles. The Bertz CT molecular complexity index is 741. The molecule has 0 amide bonds. The van der Waals surface area contributed by atoms with E-state index in [1.54, 1.807) is 13.2 Å². The lowest BCUT2D eigenvalue weighted by Crippen LogP contribution is -1.91. The molecule has 2 heterocycles. The Balaban J connectivity index is 2.00. The number of methoxy groups -OCH3 is 1. The van der Waals surface area contributed by atoms with Gasteiger partial charge in [0.25, 0.3) is 0 Å². The van der Waals surface area contributed by atoms with Gasteiger partial charge in [-0.1, -0.05) is 18.2 Å². The first-order valence-electron chi connectivity index (χ1n) is 5.95. The Morgan fingerprint density at radius 3 is 2.80 bits per heavy atom. The molecule has 100 valence electrons. The van der Waals surface area contributed by atoms with Crippen molar-refractivity contribution in [3.8, 4) is 27.8 Å². The third kappa shape index (κ3) is 2.33. The van der Waals surface area contributed by atoms with Crippen LogP contribution in [0.4, 0.5) is 5.69 Å². The minimum absolute atomic E-state index is 0.519. The number of nitrogen functional groups attached to an aromatic ring is 1. The van der Waals surface area contributed by atoms with Crippen LogP contribution in [0, 0.1) is 0 Å². The SMILES string of the molecule is COc1cc(-c2nc(-c3ccccc3N)cs2)ncn1. The summed E-state index contributed by atoms with van der Waals surface area (Å²) in [5.74, 6) is 0.519. The van der Waals surface area contributed by atoms with Crippen molar-refractivity contribution in [2.75, 3.05) is 12.8 Å². The fourth-order valence-electron chi connectivity index (χ4n) is 1.81. The molecule has 0 aliphatic carbocycles. The highest BCUT2D eigenvalue weighted by Crippen LogP contribution is 2.31. The van der Waals surface area contributed by atoms with E-state index in [9.17, 15) is 0 Å². The van der Waals surface area contributed by atoms with Gasteiger partial charge in [0.2, 0.25) is 5.88 Å². The molecule has 0 fully saturated rings. The van der Waals surface area contributed by atoms with Crippen LogP contribution in [0.5, 0.6) is 5.88 Å². The average molecular weight is 284 g/mol. The van der Waals surface area contributed by atoms with E-state index in [2.05, 4.69) is 15.0 Å². The number of thiazole rings is 1. The van der Waals surface area contributed by atoms with Gasteiger partial charge in [-0.25, -0.2) is 15.0 Å². The van der Waals surface area contributed by atoms with E-state index in [1.807, 2.05) is 29.6 Å². The second-order valence-corrected chi connectivity index (χ2v) is 4.93. The highest BCUT2D eigenvalue weighted by Gasteiger charge is 2.10. The number of aromatic nitrogens is 3. The predicted octanol–water partition coefficient (Wildman–Crippen LogP) is 2.86. The molecule has 0 spiro atoms. The zero-order chi connectivity index (χ0) is 13.9. The molecular formula is C14H12N4OS. The molecule has 2 aromatic heterocycles. The van der Waals surface area contributed by atoms with Crippen molar-refractivity contribution < 1.29 is 4.74 Å². The third-order valence-electron chi connectivity index (χ3n) is 2.81. The second-order valence-electron chi connectivity index (χ2n) is 4.07. The number of nitrogens with zero attached hydrogens (tertiary/aromatic N) is 3. The standard InChI is InChI=1S/C14H12N4OS/c1-19-13-6-11(16-8-17-13)14-18-12(7-20-14)9-4-2-3-5-10(9)15/h2-8H,15H2,1H3. The molecular weight excluding hydrogens is 272 g/mol. The Kier molecular flexibility index (Phi) is 3.30.